The maximum atomic E-state index is 13.8. The Morgan fingerprint density at radius 2 is 1.73 bits per heavy atom. The van der Waals surface area contributed by atoms with Gasteiger partial charge in [0.05, 0.1) is 19.6 Å². The molecule has 4 aromatic rings. The van der Waals surface area contributed by atoms with Crippen molar-refractivity contribution in [2.45, 2.75) is 19.5 Å². The van der Waals surface area contributed by atoms with E-state index >= 15 is 0 Å². The van der Waals surface area contributed by atoms with Gasteiger partial charge in [0.15, 0.2) is 18.1 Å². The minimum absolute atomic E-state index is 0.0474. The van der Waals surface area contributed by atoms with Gasteiger partial charge in [-0.1, -0.05) is 18.2 Å². The zero-order valence-electron chi connectivity index (χ0n) is 21.9. The molecule has 0 spiro atoms. The number of amides is 1. The molecule has 40 heavy (non-hydrogen) atoms. The number of ether oxygens (including phenoxy) is 4. The summed E-state index contributed by atoms with van der Waals surface area (Å²) in [6, 6.07) is 15.4. The van der Waals surface area contributed by atoms with Gasteiger partial charge in [-0.2, -0.15) is 13.2 Å². The first kappa shape index (κ1) is 28.3. The number of fused-ring (bicyclic) bond motifs is 1. The number of alkyl halides is 3. The fourth-order valence-electron chi connectivity index (χ4n) is 3.90. The SMILES string of the molecule is COc1ccc(CCNC(=O)COc2ccc3c(=O)c(Oc4cccc(C)c4)c(C(F)(F)F)oc3c2)cc1OC. The van der Waals surface area contributed by atoms with E-state index in [9.17, 15) is 22.8 Å². The number of halogens is 3. The van der Waals surface area contributed by atoms with E-state index in [2.05, 4.69) is 5.32 Å². The topological polar surface area (TPSA) is 96.2 Å². The minimum atomic E-state index is -5.00. The molecule has 0 aliphatic rings. The zero-order valence-corrected chi connectivity index (χ0v) is 21.9. The molecule has 3 aromatic carbocycles. The molecule has 0 saturated heterocycles. The molecule has 1 aromatic heterocycles. The zero-order chi connectivity index (χ0) is 28.9. The van der Waals surface area contributed by atoms with Gasteiger partial charge in [0.25, 0.3) is 11.7 Å². The highest BCUT2D eigenvalue weighted by Crippen LogP contribution is 2.38. The van der Waals surface area contributed by atoms with Crippen molar-refractivity contribution >= 4 is 16.9 Å². The number of benzene rings is 3. The van der Waals surface area contributed by atoms with E-state index in [0.29, 0.717) is 24.5 Å². The number of methoxy groups -OCH3 is 2. The fourth-order valence-corrected chi connectivity index (χ4v) is 3.90. The highest BCUT2D eigenvalue weighted by molar-refractivity contribution is 5.80. The molecule has 0 bridgehead atoms. The van der Waals surface area contributed by atoms with Crippen LogP contribution in [0.1, 0.15) is 16.9 Å². The Kier molecular flexibility index (Phi) is 8.52. The van der Waals surface area contributed by atoms with E-state index in [1.54, 1.807) is 31.2 Å². The molecule has 0 fully saturated rings. The van der Waals surface area contributed by atoms with Crippen LogP contribution in [0.15, 0.2) is 69.9 Å². The summed E-state index contributed by atoms with van der Waals surface area (Å²) in [5.74, 6) is -1.71. The molecular formula is C29H26F3NO7. The third kappa shape index (κ3) is 6.66. The van der Waals surface area contributed by atoms with Crippen LogP contribution in [-0.2, 0) is 17.4 Å². The summed E-state index contributed by atoms with van der Waals surface area (Å²) in [7, 11) is 3.06. The molecule has 8 nitrogen and oxygen atoms in total. The Hall–Kier alpha value is -4.67. The van der Waals surface area contributed by atoms with Crippen LogP contribution in [0, 0.1) is 6.92 Å². The fraction of sp³-hybridized carbons (Fsp3) is 0.241. The van der Waals surface area contributed by atoms with Crippen molar-refractivity contribution in [1.29, 1.82) is 0 Å². The molecule has 0 aliphatic heterocycles. The van der Waals surface area contributed by atoms with Crippen LogP contribution in [0.5, 0.6) is 28.7 Å². The molecule has 210 valence electrons. The number of aryl methyl sites for hydroxylation is 1. The summed E-state index contributed by atoms with van der Waals surface area (Å²) in [5.41, 5.74) is 0.299. The van der Waals surface area contributed by atoms with E-state index in [-0.39, 0.29) is 22.5 Å². The van der Waals surface area contributed by atoms with Crippen molar-refractivity contribution in [3.05, 3.63) is 87.8 Å². The minimum Gasteiger partial charge on any atom is -0.493 e. The molecule has 1 amide bonds. The van der Waals surface area contributed by atoms with E-state index in [1.165, 1.54) is 38.5 Å². The lowest BCUT2D eigenvalue weighted by molar-refractivity contribution is -0.154. The normalized spacial score (nSPS) is 11.2. The highest BCUT2D eigenvalue weighted by atomic mass is 19.4. The maximum absolute atomic E-state index is 13.8. The smallest absolute Gasteiger partial charge is 0.453 e. The number of hydrogen-bond acceptors (Lipinski definition) is 7. The van der Waals surface area contributed by atoms with Crippen LogP contribution in [0.25, 0.3) is 11.0 Å². The Bertz CT molecular complexity index is 1580. The van der Waals surface area contributed by atoms with Gasteiger partial charge in [0.1, 0.15) is 17.1 Å². The average Bonchev–Trinajstić information content (AvgIpc) is 2.92. The van der Waals surface area contributed by atoms with Crippen LogP contribution >= 0.6 is 0 Å². The van der Waals surface area contributed by atoms with Gasteiger partial charge in [0, 0.05) is 12.6 Å². The third-order valence-electron chi connectivity index (χ3n) is 5.84. The van der Waals surface area contributed by atoms with Gasteiger partial charge in [0.2, 0.25) is 11.2 Å². The van der Waals surface area contributed by atoms with Gasteiger partial charge in [-0.05, 0) is 60.9 Å². The molecule has 11 heteroatoms. The van der Waals surface area contributed by atoms with Crippen molar-refractivity contribution < 1.29 is 41.3 Å². The van der Waals surface area contributed by atoms with Crippen LogP contribution < -0.4 is 29.7 Å². The Morgan fingerprint density at radius 3 is 2.42 bits per heavy atom. The summed E-state index contributed by atoms with van der Waals surface area (Å²) in [6.07, 6.45) is -4.49. The van der Waals surface area contributed by atoms with Gasteiger partial charge < -0.3 is 28.7 Å². The molecule has 0 saturated carbocycles. The molecule has 0 atom stereocenters. The van der Waals surface area contributed by atoms with Crippen molar-refractivity contribution in [1.82, 2.24) is 5.32 Å². The lowest BCUT2D eigenvalue weighted by Crippen LogP contribution is -2.30. The maximum Gasteiger partial charge on any atom is 0.453 e. The third-order valence-corrected chi connectivity index (χ3v) is 5.84. The van der Waals surface area contributed by atoms with E-state index in [0.717, 1.165) is 17.2 Å². The largest absolute Gasteiger partial charge is 0.493 e. The molecule has 1 N–H and O–H groups in total. The van der Waals surface area contributed by atoms with E-state index in [1.807, 2.05) is 6.07 Å². The first-order valence-corrected chi connectivity index (χ1v) is 12.1. The second-order valence-corrected chi connectivity index (χ2v) is 8.74. The predicted octanol–water partition coefficient (Wildman–Crippen LogP) is 5.67. The molecular weight excluding hydrogens is 531 g/mol. The van der Waals surface area contributed by atoms with Gasteiger partial charge >= 0.3 is 6.18 Å². The van der Waals surface area contributed by atoms with E-state index in [4.69, 9.17) is 23.4 Å². The summed E-state index contributed by atoms with van der Waals surface area (Å²) >= 11 is 0. The second-order valence-electron chi connectivity index (χ2n) is 8.74. The second kappa shape index (κ2) is 12.0. The monoisotopic (exact) mass is 557 g/mol. The van der Waals surface area contributed by atoms with Crippen molar-refractivity contribution in [3.8, 4) is 28.7 Å². The summed E-state index contributed by atoms with van der Waals surface area (Å²) in [6.45, 7) is 1.64. The van der Waals surface area contributed by atoms with Gasteiger partial charge in [-0.15, -0.1) is 0 Å². The number of carbonyl (C=O) groups excluding carboxylic acids is 1. The first-order chi connectivity index (χ1) is 19.1. The molecule has 1 heterocycles. The van der Waals surface area contributed by atoms with Crippen LogP contribution in [0.2, 0.25) is 0 Å². The summed E-state index contributed by atoms with van der Waals surface area (Å²) < 4.78 is 67.7. The predicted molar refractivity (Wildman–Crippen MR) is 140 cm³/mol. The van der Waals surface area contributed by atoms with Gasteiger partial charge in [-0.3, -0.25) is 9.59 Å². The van der Waals surface area contributed by atoms with Gasteiger partial charge in [-0.25, -0.2) is 0 Å². The quantitative estimate of drug-likeness (QED) is 0.269. The molecule has 0 aliphatic carbocycles. The first-order valence-electron chi connectivity index (χ1n) is 12.1. The van der Waals surface area contributed by atoms with Crippen molar-refractivity contribution in [2.75, 3.05) is 27.4 Å². The Labute approximate surface area is 227 Å². The van der Waals surface area contributed by atoms with Crippen molar-refractivity contribution in [3.63, 3.8) is 0 Å². The Morgan fingerprint density at radius 1 is 0.950 bits per heavy atom. The van der Waals surface area contributed by atoms with Crippen LogP contribution in [-0.4, -0.2) is 33.3 Å². The number of rotatable bonds is 10. The lowest BCUT2D eigenvalue weighted by atomic mass is 10.1. The summed E-state index contributed by atoms with van der Waals surface area (Å²) in [5, 5.41) is 2.57. The van der Waals surface area contributed by atoms with Crippen molar-refractivity contribution in [2.24, 2.45) is 0 Å². The molecule has 0 radical (unpaired) electrons. The van der Waals surface area contributed by atoms with E-state index < -0.39 is 35.6 Å². The highest BCUT2D eigenvalue weighted by Gasteiger charge is 2.40. The van der Waals surface area contributed by atoms with Crippen LogP contribution in [0.3, 0.4) is 0 Å². The number of hydrogen-bond donors (Lipinski definition) is 1. The van der Waals surface area contributed by atoms with Crippen LogP contribution in [0.4, 0.5) is 13.2 Å². The Balaban J connectivity index is 1.44. The molecule has 4 rings (SSSR count). The average molecular weight is 558 g/mol. The number of carbonyl (C=O) groups is 1. The summed E-state index contributed by atoms with van der Waals surface area (Å²) in [4.78, 5) is 25.2. The standard InChI is InChI=1S/C29H26F3NO7/c1-17-5-4-6-20(13-17)39-27-26(35)21-9-8-19(15-23(21)40-28(27)29(30,31)32)38-16-25(34)33-12-11-18-7-10-22(36-2)24(14-18)37-3/h4-10,13-15H,11-12,16H2,1-3H3,(H,33,34). The lowest BCUT2D eigenvalue weighted by Gasteiger charge is -2.14. The number of nitrogens with one attached hydrogen (secondary N) is 1. The molecule has 0 unspecified atom stereocenters.